The van der Waals surface area contributed by atoms with Crippen molar-refractivity contribution in [3.8, 4) is 0 Å². The summed E-state index contributed by atoms with van der Waals surface area (Å²) in [4.78, 5) is 26.2. The van der Waals surface area contributed by atoms with Gasteiger partial charge in [0, 0.05) is 56.5 Å². The van der Waals surface area contributed by atoms with Gasteiger partial charge in [-0.05, 0) is 42.7 Å². The second-order valence-corrected chi connectivity index (χ2v) is 6.44. The summed E-state index contributed by atoms with van der Waals surface area (Å²) >= 11 is 0. The number of carbonyl (C=O) groups is 1. The molecule has 1 saturated heterocycles. The van der Waals surface area contributed by atoms with E-state index in [-0.39, 0.29) is 11.8 Å². The molecule has 25 heavy (non-hydrogen) atoms. The van der Waals surface area contributed by atoms with Crippen LogP contribution in [0, 0.1) is 0 Å². The van der Waals surface area contributed by atoms with Gasteiger partial charge in [0.2, 0.25) is 0 Å². The van der Waals surface area contributed by atoms with Crippen molar-refractivity contribution in [2.75, 3.05) is 13.1 Å². The number of imidazole rings is 1. The number of aromatic nitrogens is 4. The molecule has 128 valence electrons. The summed E-state index contributed by atoms with van der Waals surface area (Å²) < 4.78 is 2.18. The molecule has 1 amide bonds. The van der Waals surface area contributed by atoms with Gasteiger partial charge in [0.25, 0.3) is 5.91 Å². The molecule has 3 aromatic rings. The number of likely N-dealkylation sites (tertiary alicyclic amines) is 1. The molecule has 0 bridgehead atoms. The number of hydrogen-bond donors (Lipinski definition) is 1. The Morgan fingerprint density at radius 1 is 1.24 bits per heavy atom. The Kier molecular flexibility index (Phi) is 4.33. The third kappa shape index (κ3) is 3.33. The highest BCUT2D eigenvalue weighted by Crippen LogP contribution is 2.27. The van der Waals surface area contributed by atoms with Gasteiger partial charge in [0.1, 0.15) is 11.5 Å². The van der Waals surface area contributed by atoms with Crippen LogP contribution in [0.1, 0.15) is 40.6 Å². The molecule has 0 radical (unpaired) electrons. The molecule has 1 aliphatic heterocycles. The Morgan fingerprint density at radius 3 is 2.92 bits per heavy atom. The molecular formula is C19H21N5O. The average Bonchev–Trinajstić information content (AvgIpc) is 3.34. The predicted octanol–water partition coefficient (Wildman–Crippen LogP) is 2.67. The SMILES string of the molecule is O=C(c1ccc[nH]1)N1CCC[C@@H](c2nccn2Cc2ccncc2)C1. The summed E-state index contributed by atoms with van der Waals surface area (Å²) in [6, 6.07) is 7.73. The standard InChI is InChI=1S/C19H21N5O/c25-19(17-4-1-7-21-17)24-11-2-3-16(14-24)18-22-10-12-23(18)13-15-5-8-20-9-6-15/h1,4-10,12,16,21H,2-3,11,13-14H2/t16-/m1/s1. The smallest absolute Gasteiger partial charge is 0.270 e. The molecular weight excluding hydrogens is 314 g/mol. The number of nitrogens with zero attached hydrogens (tertiary/aromatic N) is 4. The first-order valence-corrected chi connectivity index (χ1v) is 8.64. The summed E-state index contributed by atoms with van der Waals surface area (Å²) in [6.07, 6.45) is 11.3. The maximum Gasteiger partial charge on any atom is 0.270 e. The molecule has 1 atom stereocenters. The van der Waals surface area contributed by atoms with E-state index in [1.807, 2.05) is 54.0 Å². The van der Waals surface area contributed by atoms with Crippen LogP contribution in [0.25, 0.3) is 0 Å². The minimum atomic E-state index is 0.0712. The molecule has 4 heterocycles. The number of hydrogen-bond acceptors (Lipinski definition) is 3. The number of aromatic amines is 1. The lowest BCUT2D eigenvalue weighted by Crippen LogP contribution is -2.40. The second kappa shape index (κ2) is 6.93. The van der Waals surface area contributed by atoms with E-state index in [0.29, 0.717) is 12.2 Å². The van der Waals surface area contributed by atoms with Gasteiger partial charge in [0.05, 0.1) is 0 Å². The van der Waals surface area contributed by atoms with Gasteiger partial charge in [-0.15, -0.1) is 0 Å². The van der Waals surface area contributed by atoms with Gasteiger partial charge in [0.15, 0.2) is 0 Å². The zero-order valence-corrected chi connectivity index (χ0v) is 14.0. The van der Waals surface area contributed by atoms with Crippen LogP contribution in [-0.4, -0.2) is 43.4 Å². The van der Waals surface area contributed by atoms with Crippen LogP contribution in [0.4, 0.5) is 0 Å². The molecule has 1 aliphatic rings. The molecule has 1 fully saturated rings. The van der Waals surface area contributed by atoms with E-state index in [9.17, 15) is 4.79 Å². The van der Waals surface area contributed by atoms with Crippen molar-refractivity contribution in [1.29, 1.82) is 0 Å². The molecule has 0 spiro atoms. The van der Waals surface area contributed by atoms with E-state index in [4.69, 9.17) is 0 Å². The van der Waals surface area contributed by atoms with Crippen molar-refractivity contribution in [3.05, 3.63) is 72.3 Å². The zero-order chi connectivity index (χ0) is 17.1. The van der Waals surface area contributed by atoms with Gasteiger partial charge in [-0.2, -0.15) is 0 Å². The van der Waals surface area contributed by atoms with E-state index in [2.05, 4.69) is 19.5 Å². The molecule has 0 aliphatic carbocycles. The van der Waals surface area contributed by atoms with E-state index >= 15 is 0 Å². The fourth-order valence-corrected chi connectivity index (χ4v) is 3.51. The number of piperidine rings is 1. The normalized spacial score (nSPS) is 17.6. The molecule has 0 aromatic carbocycles. The lowest BCUT2D eigenvalue weighted by atomic mass is 9.96. The lowest BCUT2D eigenvalue weighted by molar-refractivity contribution is 0.0698. The molecule has 6 heteroatoms. The highest BCUT2D eigenvalue weighted by molar-refractivity contribution is 5.92. The Labute approximate surface area is 146 Å². The number of rotatable bonds is 4. The second-order valence-electron chi connectivity index (χ2n) is 6.44. The quantitative estimate of drug-likeness (QED) is 0.797. The van der Waals surface area contributed by atoms with E-state index < -0.39 is 0 Å². The van der Waals surface area contributed by atoms with Gasteiger partial charge >= 0.3 is 0 Å². The largest absolute Gasteiger partial charge is 0.357 e. The first-order valence-electron chi connectivity index (χ1n) is 8.64. The summed E-state index contributed by atoms with van der Waals surface area (Å²) in [5.74, 6) is 1.40. The summed E-state index contributed by atoms with van der Waals surface area (Å²) in [6.45, 7) is 2.30. The Morgan fingerprint density at radius 2 is 2.12 bits per heavy atom. The first-order chi connectivity index (χ1) is 12.3. The van der Waals surface area contributed by atoms with Crippen molar-refractivity contribution in [2.24, 2.45) is 0 Å². The molecule has 0 unspecified atom stereocenters. The molecule has 1 N–H and O–H groups in total. The van der Waals surface area contributed by atoms with Crippen molar-refractivity contribution in [2.45, 2.75) is 25.3 Å². The van der Waals surface area contributed by atoms with Gasteiger partial charge < -0.3 is 14.5 Å². The van der Waals surface area contributed by atoms with Crippen LogP contribution < -0.4 is 0 Å². The fourth-order valence-electron chi connectivity index (χ4n) is 3.51. The van der Waals surface area contributed by atoms with Gasteiger partial charge in [-0.3, -0.25) is 9.78 Å². The lowest BCUT2D eigenvalue weighted by Gasteiger charge is -2.32. The van der Waals surface area contributed by atoms with Gasteiger partial charge in [-0.1, -0.05) is 0 Å². The van der Waals surface area contributed by atoms with Crippen LogP contribution in [0.2, 0.25) is 0 Å². The first kappa shape index (κ1) is 15.6. The van der Waals surface area contributed by atoms with Crippen LogP contribution >= 0.6 is 0 Å². The molecule has 4 rings (SSSR count). The fraction of sp³-hybridized carbons (Fsp3) is 0.316. The number of carbonyl (C=O) groups excluding carboxylic acids is 1. The Hall–Kier alpha value is -2.89. The number of nitrogens with one attached hydrogen (secondary N) is 1. The topological polar surface area (TPSA) is 66.8 Å². The summed E-state index contributed by atoms with van der Waals surface area (Å²) in [7, 11) is 0. The van der Waals surface area contributed by atoms with Crippen LogP contribution in [0.3, 0.4) is 0 Å². The van der Waals surface area contributed by atoms with E-state index in [0.717, 1.165) is 31.8 Å². The Bertz CT molecular complexity index is 825. The third-order valence-corrected chi connectivity index (χ3v) is 4.75. The highest BCUT2D eigenvalue weighted by Gasteiger charge is 2.28. The van der Waals surface area contributed by atoms with Crippen molar-refractivity contribution in [1.82, 2.24) is 24.4 Å². The summed E-state index contributed by atoms with van der Waals surface area (Å²) in [5.41, 5.74) is 1.85. The van der Waals surface area contributed by atoms with Crippen LogP contribution in [0.5, 0.6) is 0 Å². The maximum atomic E-state index is 12.6. The minimum Gasteiger partial charge on any atom is -0.357 e. The monoisotopic (exact) mass is 335 g/mol. The third-order valence-electron chi connectivity index (χ3n) is 4.75. The van der Waals surface area contributed by atoms with Crippen molar-refractivity contribution >= 4 is 5.91 Å². The Balaban J connectivity index is 1.50. The van der Waals surface area contributed by atoms with Crippen molar-refractivity contribution < 1.29 is 4.79 Å². The van der Waals surface area contributed by atoms with Crippen LogP contribution in [-0.2, 0) is 6.54 Å². The molecule has 0 saturated carbocycles. The van der Waals surface area contributed by atoms with Gasteiger partial charge in [-0.25, -0.2) is 4.98 Å². The predicted molar refractivity (Wildman–Crippen MR) is 94.2 cm³/mol. The zero-order valence-electron chi connectivity index (χ0n) is 14.0. The number of pyridine rings is 1. The molecule has 3 aromatic heterocycles. The van der Waals surface area contributed by atoms with Crippen LogP contribution in [0.15, 0.2) is 55.2 Å². The van der Waals surface area contributed by atoms with E-state index in [1.54, 1.807) is 6.20 Å². The number of H-pyrrole nitrogens is 1. The molecule has 6 nitrogen and oxygen atoms in total. The van der Waals surface area contributed by atoms with Crippen molar-refractivity contribution in [3.63, 3.8) is 0 Å². The summed E-state index contributed by atoms with van der Waals surface area (Å²) in [5, 5.41) is 0. The highest BCUT2D eigenvalue weighted by atomic mass is 16.2. The van der Waals surface area contributed by atoms with E-state index in [1.165, 1.54) is 5.56 Å². The minimum absolute atomic E-state index is 0.0712. The number of amides is 1. The average molecular weight is 335 g/mol. The maximum absolute atomic E-state index is 12.6.